The second-order valence-corrected chi connectivity index (χ2v) is 10.3. The van der Waals surface area contributed by atoms with Crippen molar-refractivity contribution in [2.75, 3.05) is 66.1 Å². The van der Waals surface area contributed by atoms with Crippen LogP contribution in [0.15, 0.2) is 71.4 Å². The molecule has 0 spiro atoms. The van der Waals surface area contributed by atoms with E-state index >= 15 is 0 Å². The Morgan fingerprint density at radius 3 is 1.10 bits per heavy atom. The molecular weight excluding hydrogens is 548 g/mol. The second-order valence-electron chi connectivity index (χ2n) is 8.57. The van der Waals surface area contributed by atoms with E-state index in [2.05, 4.69) is 34.2 Å². The first-order chi connectivity index (χ1) is 19.9. The Morgan fingerprint density at radius 2 is 0.750 bits per heavy atom. The van der Waals surface area contributed by atoms with Crippen molar-refractivity contribution >= 4 is 22.7 Å². The molecule has 0 amide bonds. The summed E-state index contributed by atoms with van der Waals surface area (Å²) in [5, 5.41) is 6.09. The van der Waals surface area contributed by atoms with E-state index in [1.54, 1.807) is 22.7 Å². The molecule has 214 valence electrons. The van der Waals surface area contributed by atoms with E-state index in [1.807, 2.05) is 47.2 Å². The minimum atomic E-state index is 0.486. The van der Waals surface area contributed by atoms with E-state index < -0.39 is 0 Å². The van der Waals surface area contributed by atoms with E-state index in [1.165, 1.54) is 0 Å². The normalized spacial score (nSPS) is 11.3. The molecule has 2 aromatic carbocycles. The van der Waals surface area contributed by atoms with Crippen molar-refractivity contribution in [1.29, 1.82) is 0 Å². The number of thiazole rings is 2. The Morgan fingerprint density at radius 1 is 0.425 bits per heavy atom. The number of nitrogens with zero attached hydrogens (tertiary/aromatic N) is 2. The monoisotopic (exact) mass is 584 g/mol. The van der Waals surface area contributed by atoms with Crippen LogP contribution in [0.1, 0.15) is 11.4 Å². The zero-order valence-corrected chi connectivity index (χ0v) is 24.2. The topological polar surface area (TPSA) is 81.2 Å². The van der Waals surface area contributed by atoms with Crippen LogP contribution in [-0.2, 0) is 41.6 Å². The maximum atomic E-state index is 5.65. The molecule has 0 fully saturated rings. The van der Waals surface area contributed by atoms with Crippen molar-refractivity contribution in [3.63, 3.8) is 0 Å². The Labute approximate surface area is 243 Å². The molecule has 40 heavy (non-hydrogen) atoms. The molecule has 0 radical (unpaired) electrons. The highest BCUT2D eigenvalue weighted by atomic mass is 32.1. The van der Waals surface area contributed by atoms with Crippen molar-refractivity contribution in [2.45, 2.75) is 13.2 Å². The lowest BCUT2D eigenvalue weighted by Gasteiger charge is -2.08. The minimum absolute atomic E-state index is 0.486. The fraction of sp³-hybridized carbons (Fsp3) is 0.400. The fourth-order valence-electron chi connectivity index (χ4n) is 3.52. The summed E-state index contributed by atoms with van der Waals surface area (Å²) in [6, 6.07) is 20.3. The third-order valence-corrected chi connectivity index (χ3v) is 7.39. The molecule has 10 heteroatoms. The first-order valence-electron chi connectivity index (χ1n) is 13.3. The molecule has 0 aliphatic heterocycles. The Hall–Kier alpha value is -2.54. The summed E-state index contributed by atoms with van der Waals surface area (Å²) in [5.41, 5.74) is 4.14. The fourth-order valence-corrected chi connectivity index (χ4v) is 5.15. The van der Waals surface area contributed by atoms with Gasteiger partial charge in [0, 0.05) is 21.9 Å². The van der Waals surface area contributed by atoms with Crippen LogP contribution in [0.25, 0.3) is 21.1 Å². The third-order valence-electron chi connectivity index (χ3n) is 5.50. The van der Waals surface area contributed by atoms with Crippen molar-refractivity contribution in [2.24, 2.45) is 0 Å². The molecule has 0 saturated carbocycles. The van der Waals surface area contributed by atoms with Crippen LogP contribution < -0.4 is 0 Å². The molecule has 0 unspecified atom stereocenters. The number of rotatable bonds is 21. The van der Waals surface area contributed by atoms with Crippen LogP contribution in [0.4, 0.5) is 0 Å². The average molecular weight is 585 g/mol. The summed E-state index contributed by atoms with van der Waals surface area (Å²) in [4.78, 5) is 9.23. The van der Waals surface area contributed by atoms with E-state index in [4.69, 9.17) is 28.4 Å². The van der Waals surface area contributed by atoms with Crippen molar-refractivity contribution in [3.8, 4) is 21.1 Å². The van der Waals surface area contributed by atoms with Gasteiger partial charge >= 0.3 is 0 Å². The van der Waals surface area contributed by atoms with Gasteiger partial charge in [-0.15, -0.1) is 22.7 Å². The summed E-state index contributed by atoms with van der Waals surface area (Å²) >= 11 is 3.26. The third kappa shape index (κ3) is 11.5. The van der Waals surface area contributed by atoms with E-state index in [9.17, 15) is 0 Å². The minimum Gasteiger partial charge on any atom is -0.377 e. The summed E-state index contributed by atoms with van der Waals surface area (Å²) in [5.74, 6) is 0. The van der Waals surface area contributed by atoms with E-state index in [0.29, 0.717) is 79.3 Å². The highest BCUT2D eigenvalue weighted by Crippen LogP contribution is 2.24. The highest BCUT2D eigenvalue weighted by Gasteiger charge is 2.05. The summed E-state index contributed by atoms with van der Waals surface area (Å²) in [6.45, 7) is 6.20. The van der Waals surface area contributed by atoms with Gasteiger partial charge in [0.25, 0.3) is 0 Å². The molecule has 4 rings (SSSR count). The zero-order chi connectivity index (χ0) is 27.5. The molecule has 4 aromatic rings. The predicted molar refractivity (Wildman–Crippen MR) is 158 cm³/mol. The average Bonchev–Trinajstić information content (AvgIpc) is 3.68. The second kappa shape index (κ2) is 18.7. The Bertz CT molecular complexity index is 1100. The molecular formula is C30H36N2O6S2. The van der Waals surface area contributed by atoms with Gasteiger partial charge < -0.3 is 28.4 Å². The first-order valence-corrected chi connectivity index (χ1v) is 15.1. The van der Waals surface area contributed by atoms with Gasteiger partial charge in [-0.1, -0.05) is 60.7 Å². The van der Waals surface area contributed by atoms with Gasteiger partial charge in [-0.05, 0) is 0 Å². The number of aromatic nitrogens is 2. The molecule has 0 bridgehead atoms. The lowest BCUT2D eigenvalue weighted by Crippen LogP contribution is -2.14. The lowest BCUT2D eigenvalue weighted by atomic mass is 10.2. The summed E-state index contributed by atoms with van der Waals surface area (Å²) in [6.07, 6.45) is 0. The van der Waals surface area contributed by atoms with Crippen LogP contribution >= 0.6 is 22.7 Å². The zero-order valence-electron chi connectivity index (χ0n) is 22.6. The molecule has 2 heterocycles. The van der Waals surface area contributed by atoms with Crippen LogP contribution in [0, 0.1) is 0 Å². The molecule has 2 aromatic heterocycles. The maximum absolute atomic E-state index is 5.65. The van der Waals surface area contributed by atoms with Gasteiger partial charge in [0.2, 0.25) is 0 Å². The SMILES string of the molecule is c1ccc(-c2nc(COCCOCCOCCOCCOCCOCc3csc(-c4ccccc4)n3)cs2)cc1. The molecule has 8 nitrogen and oxygen atoms in total. The highest BCUT2D eigenvalue weighted by molar-refractivity contribution is 7.13. The predicted octanol–water partition coefficient (Wildman–Crippen LogP) is 5.73. The largest absolute Gasteiger partial charge is 0.377 e. The smallest absolute Gasteiger partial charge is 0.123 e. The van der Waals surface area contributed by atoms with Gasteiger partial charge in [-0.3, -0.25) is 0 Å². The maximum Gasteiger partial charge on any atom is 0.123 e. The summed E-state index contributed by atoms with van der Waals surface area (Å²) in [7, 11) is 0. The van der Waals surface area contributed by atoms with Gasteiger partial charge in [-0.25, -0.2) is 9.97 Å². The first kappa shape index (κ1) is 30.4. The number of hydrogen-bond acceptors (Lipinski definition) is 10. The van der Waals surface area contributed by atoms with Crippen molar-refractivity contribution in [1.82, 2.24) is 9.97 Å². The quantitative estimate of drug-likeness (QED) is 0.115. The van der Waals surface area contributed by atoms with Gasteiger partial charge in [-0.2, -0.15) is 0 Å². The van der Waals surface area contributed by atoms with Crippen molar-refractivity contribution in [3.05, 3.63) is 82.8 Å². The van der Waals surface area contributed by atoms with Crippen LogP contribution in [0.5, 0.6) is 0 Å². The molecule has 0 N–H and O–H groups in total. The Balaban J connectivity index is 0.873. The van der Waals surface area contributed by atoms with Crippen LogP contribution in [0.2, 0.25) is 0 Å². The van der Waals surface area contributed by atoms with Gasteiger partial charge in [0.05, 0.1) is 90.7 Å². The molecule has 0 aliphatic carbocycles. The van der Waals surface area contributed by atoms with Crippen LogP contribution in [0.3, 0.4) is 0 Å². The lowest BCUT2D eigenvalue weighted by molar-refractivity contribution is -0.0187. The summed E-state index contributed by atoms with van der Waals surface area (Å²) < 4.78 is 33.4. The standard InChI is InChI=1S/C30H36N2O6S2/c1-3-7-25(8-4-1)29-31-27(23-39-29)21-37-19-17-35-15-13-33-11-12-34-14-16-36-18-20-38-22-28-24-40-30(32-28)26-9-5-2-6-10-26/h1-10,23-24H,11-22H2. The molecule has 0 aliphatic rings. The molecule has 0 saturated heterocycles. The molecule has 0 atom stereocenters. The van der Waals surface area contributed by atoms with Crippen molar-refractivity contribution < 1.29 is 28.4 Å². The van der Waals surface area contributed by atoms with E-state index in [-0.39, 0.29) is 0 Å². The number of ether oxygens (including phenoxy) is 6. The van der Waals surface area contributed by atoms with E-state index in [0.717, 1.165) is 32.5 Å². The number of benzene rings is 2. The van der Waals surface area contributed by atoms with Gasteiger partial charge in [0.1, 0.15) is 10.0 Å². The number of hydrogen-bond donors (Lipinski definition) is 0. The Kier molecular flexibility index (Phi) is 14.3. The van der Waals surface area contributed by atoms with Gasteiger partial charge in [0.15, 0.2) is 0 Å². The van der Waals surface area contributed by atoms with Crippen LogP contribution in [-0.4, -0.2) is 76.0 Å².